The number of hydrogen-bond acceptors (Lipinski definition) is 4. The van der Waals surface area contributed by atoms with Gasteiger partial charge in [-0.25, -0.2) is 18.5 Å². The molecule has 7 nitrogen and oxygen atoms in total. The van der Waals surface area contributed by atoms with Crippen molar-refractivity contribution in [3.8, 4) is 0 Å². The van der Waals surface area contributed by atoms with Crippen LogP contribution in [0, 0.1) is 0 Å². The third-order valence-electron chi connectivity index (χ3n) is 3.50. The molecule has 0 radical (unpaired) electrons. The molecule has 0 saturated carbocycles. The molecular formula is C12H20N4O3S. The average molecular weight is 300 g/mol. The van der Waals surface area contributed by atoms with Crippen molar-refractivity contribution in [1.82, 2.24) is 14.9 Å². The molecule has 2 heterocycles. The van der Waals surface area contributed by atoms with Gasteiger partial charge in [0.1, 0.15) is 5.82 Å². The Morgan fingerprint density at radius 2 is 2.35 bits per heavy atom. The minimum atomic E-state index is -3.48. The van der Waals surface area contributed by atoms with Gasteiger partial charge in [0.2, 0.25) is 15.9 Å². The molecule has 0 bridgehead atoms. The molecule has 0 unspecified atom stereocenters. The summed E-state index contributed by atoms with van der Waals surface area (Å²) in [5.41, 5.74) is 0. The molecule has 0 aromatic carbocycles. The Morgan fingerprint density at radius 1 is 1.55 bits per heavy atom. The number of sulfonamides is 1. The first-order chi connectivity index (χ1) is 9.46. The molecular weight excluding hydrogens is 280 g/mol. The molecule has 1 aromatic heterocycles. The molecule has 1 aromatic rings. The summed E-state index contributed by atoms with van der Waals surface area (Å²) in [6.07, 6.45) is 5.94. The Labute approximate surface area is 118 Å². The number of hydrogen-bond donors (Lipinski definition) is 2. The largest absolute Gasteiger partial charge is 0.348 e. The van der Waals surface area contributed by atoms with E-state index in [0.717, 1.165) is 25.2 Å². The summed E-state index contributed by atoms with van der Waals surface area (Å²) < 4.78 is 21.7. The lowest BCUT2D eigenvalue weighted by Crippen LogP contribution is -2.39. The predicted octanol–water partition coefficient (Wildman–Crippen LogP) is 0.184. The highest BCUT2D eigenvalue weighted by atomic mass is 32.2. The van der Waals surface area contributed by atoms with E-state index in [1.54, 1.807) is 17.3 Å². The first-order valence-electron chi connectivity index (χ1n) is 6.73. The van der Waals surface area contributed by atoms with Gasteiger partial charge in [0.15, 0.2) is 0 Å². The van der Waals surface area contributed by atoms with Crippen LogP contribution in [0.4, 0.5) is 0 Å². The van der Waals surface area contributed by atoms with Crippen LogP contribution < -0.4 is 5.14 Å². The van der Waals surface area contributed by atoms with E-state index >= 15 is 0 Å². The van der Waals surface area contributed by atoms with Gasteiger partial charge in [-0.15, -0.1) is 0 Å². The summed E-state index contributed by atoms with van der Waals surface area (Å²) in [6.45, 7) is 1.37. The van der Waals surface area contributed by atoms with Crippen LogP contribution >= 0.6 is 0 Å². The van der Waals surface area contributed by atoms with Crippen molar-refractivity contribution in [2.45, 2.75) is 31.6 Å². The topological polar surface area (TPSA) is 109 Å². The molecule has 3 N–H and O–H groups in total. The Balaban J connectivity index is 1.84. The van der Waals surface area contributed by atoms with E-state index in [2.05, 4.69) is 9.97 Å². The van der Waals surface area contributed by atoms with Crippen LogP contribution in [0.2, 0.25) is 0 Å². The van der Waals surface area contributed by atoms with Gasteiger partial charge in [-0.1, -0.05) is 0 Å². The molecule has 1 fully saturated rings. The summed E-state index contributed by atoms with van der Waals surface area (Å²) in [5, 5.41) is 4.92. The van der Waals surface area contributed by atoms with Gasteiger partial charge in [-0.05, 0) is 19.3 Å². The fourth-order valence-electron chi connectivity index (χ4n) is 2.51. The van der Waals surface area contributed by atoms with E-state index in [0.29, 0.717) is 6.54 Å². The molecule has 0 aliphatic carbocycles. The maximum atomic E-state index is 12.1. The van der Waals surface area contributed by atoms with Gasteiger partial charge in [0.05, 0.1) is 5.75 Å². The minimum Gasteiger partial charge on any atom is -0.348 e. The summed E-state index contributed by atoms with van der Waals surface area (Å²) in [5.74, 6) is 0.992. The quantitative estimate of drug-likeness (QED) is 0.808. The van der Waals surface area contributed by atoms with Crippen molar-refractivity contribution in [2.24, 2.45) is 5.14 Å². The fourth-order valence-corrected chi connectivity index (χ4v) is 3.06. The number of nitrogens with two attached hydrogens (primary N) is 1. The number of piperidine rings is 1. The number of imidazole rings is 1. The van der Waals surface area contributed by atoms with Gasteiger partial charge in [-0.2, -0.15) is 0 Å². The second-order valence-electron chi connectivity index (χ2n) is 5.12. The number of aromatic nitrogens is 2. The minimum absolute atomic E-state index is 0.00935. The SMILES string of the molecule is NS(=O)(=O)CCCC(=O)N1CCC[C@@H](c2ncc[nH]2)C1. The molecule has 1 saturated heterocycles. The molecule has 1 aliphatic rings. The third-order valence-corrected chi connectivity index (χ3v) is 4.36. The summed E-state index contributed by atoms with van der Waals surface area (Å²) in [6, 6.07) is 0. The van der Waals surface area contributed by atoms with E-state index in [1.165, 1.54) is 0 Å². The fraction of sp³-hybridized carbons (Fsp3) is 0.667. The van der Waals surface area contributed by atoms with Crippen LogP contribution in [0.15, 0.2) is 12.4 Å². The van der Waals surface area contributed by atoms with Gasteiger partial charge in [-0.3, -0.25) is 4.79 Å². The van der Waals surface area contributed by atoms with Crippen LogP contribution in [-0.4, -0.2) is 48.0 Å². The first kappa shape index (κ1) is 15.0. The van der Waals surface area contributed by atoms with Gasteiger partial charge in [0.25, 0.3) is 0 Å². The second-order valence-corrected chi connectivity index (χ2v) is 6.86. The number of aromatic amines is 1. The van der Waals surface area contributed by atoms with Crippen LogP contribution in [0.5, 0.6) is 0 Å². The smallest absolute Gasteiger partial charge is 0.222 e. The number of carbonyl (C=O) groups excluding carboxylic acids is 1. The number of nitrogens with zero attached hydrogens (tertiary/aromatic N) is 2. The molecule has 8 heteroatoms. The molecule has 112 valence electrons. The standard InChI is InChI=1S/C12H20N4O3S/c13-20(18,19)8-2-4-11(17)16-7-1-3-10(9-16)12-14-5-6-15-12/h5-6,10H,1-4,7-9H2,(H,14,15)(H2,13,18,19)/t10-/m1/s1. The highest BCUT2D eigenvalue weighted by molar-refractivity contribution is 7.89. The van der Waals surface area contributed by atoms with Crippen LogP contribution in [0.3, 0.4) is 0 Å². The van der Waals surface area contributed by atoms with Crippen LogP contribution in [0.1, 0.15) is 37.4 Å². The Kier molecular flexibility index (Phi) is 4.77. The number of rotatable bonds is 5. The number of amides is 1. The maximum absolute atomic E-state index is 12.1. The molecule has 1 aliphatic heterocycles. The maximum Gasteiger partial charge on any atom is 0.222 e. The van der Waals surface area contributed by atoms with E-state index in [4.69, 9.17) is 5.14 Å². The summed E-state index contributed by atoms with van der Waals surface area (Å²) in [4.78, 5) is 21.2. The van der Waals surface area contributed by atoms with Gasteiger partial charge >= 0.3 is 0 Å². The van der Waals surface area contributed by atoms with Gasteiger partial charge in [0, 0.05) is 37.8 Å². The summed E-state index contributed by atoms with van der Waals surface area (Å²) >= 11 is 0. The monoisotopic (exact) mass is 300 g/mol. The Hall–Kier alpha value is -1.41. The molecule has 1 amide bonds. The van der Waals surface area contributed by atoms with E-state index in [1.807, 2.05) is 0 Å². The molecule has 1 atom stereocenters. The van der Waals surface area contributed by atoms with Crippen molar-refractivity contribution in [1.29, 1.82) is 0 Å². The number of nitrogens with one attached hydrogen (secondary N) is 1. The second kappa shape index (κ2) is 6.36. The lowest BCUT2D eigenvalue weighted by molar-refractivity contribution is -0.132. The van der Waals surface area contributed by atoms with Crippen molar-refractivity contribution in [3.05, 3.63) is 18.2 Å². The number of likely N-dealkylation sites (tertiary alicyclic amines) is 1. The lowest BCUT2D eigenvalue weighted by Gasteiger charge is -2.32. The van der Waals surface area contributed by atoms with Crippen molar-refractivity contribution in [3.63, 3.8) is 0 Å². The highest BCUT2D eigenvalue weighted by Gasteiger charge is 2.25. The van der Waals surface area contributed by atoms with Crippen LogP contribution in [-0.2, 0) is 14.8 Å². The van der Waals surface area contributed by atoms with Crippen molar-refractivity contribution in [2.75, 3.05) is 18.8 Å². The van der Waals surface area contributed by atoms with Crippen LogP contribution in [0.25, 0.3) is 0 Å². The lowest BCUT2D eigenvalue weighted by atomic mass is 9.97. The Bertz CT molecular complexity index is 541. The van der Waals surface area contributed by atoms with E-state index < -0.39 is 10.0 Å². The van der Waals surface area contributed by atoms with E-state index in [-0.39, 0.29) is 30.4 Å². The van der Waals surface area contributed by atoms with Gasteiger partial charge < -0.3 is 9.88 Å². The molecule has 20 heavy (non-hydrogen) atoms. The number of carbonyl (C=O) groups is 1. The zero-order valence-electron chi connectivity index (χ0n) is 11.3. The third kappa shape index (κ3) is 4.31. The average Bonchev–Trinajstić information content (AvgIpc) is 2.91. The summed E-state index contributed by atoms with van der Waals surface area (Å²) in [7, 11) is -3.48. The normalized spacial score (nSPS) is 20.1. The molecule has 2 rings (SSSR count). The Morgan fingerprint density at radius 3 is 3.00 bits per heavy atom. The highest BCUT2D eigenvalue weighted by Crippen LogP contribution is 2.24. The molecule has 0 spiro atoms. The zero-order chi connectivity index (χ0) is 14.6. The van der Waals surface area contributed by atoms with E-state index in [9.17, 15) is 13.2 Å². The number of primary sulfonamides is 1. The van der Waals surface area contributed by atoms with Crippen molar-refractivity contribution >= 4 is 15.9 Å². The zero-order valence-corrected chi connectivity index (χ0v) is 12.1. The number of H-pyrrole nitrogens is 1. The predicted molar refractivity (Wildman–Crippen MR) is 74.4 cm³/mol. The van der Waals surface area contributed by atoms with Crippen molar-refractivity contribution < 1.29 is 13.2 Å². The first-order valence-corrected chi connectivity index (χ1v) is 8.45.